The molecule has 0 rings (SSSR count). The number of hydrogen-bond donors (Lipinski definition) is 2. The van der Waals surface area contributed by atoms with E-state index in [1.807, 2.05) is 6.92 Å². The van der Waals surface area contributed by atoms with Gasteiger partial charge < -0.3 is 10.2 Å². The van der Waals surface area contributed by atoms with Crippen LogP contribution in [0.4, 0.5) is 0 Å². The minimum absolute atomic E-state index is 0.141. The molecule has 1 atom stereocenters. The van der Waals surface area contributed by atoms with Crippen molar-refractivity contribution in [2.24, 2.45) is 0 Å². The van der Waals surface area contributed by atoms with Crippen molar-refractivity contribution in [3.8, 4) is 0 Å². The lowest BCUT2D eigenvalue weighted by Crippen LogP contribution is -2.62. The highest BCUT2D eigenvalue weighted by Gasteiger charge is 2.42. The van der Waals surface area contributed by atoms with Crippen LogP contribution in [0.5, 0.6) is 0 Å². The SMILES string of the molecule is C=CCC(O)(O)[N+](C)(CC)CC=C. The first-order valence-electron chi connectivity index (χ1n) is 4.44. The average Bonchev–Trinajstić information content (AvgIpc) is 2.04. The molecule has 0 aliphatic carbocycles. The van der Waals surface area contributed by atoms with Crippen molar-refractivity contribution < 1.29 is 14.7 Å². The summed E-state index contributed by atoms with van der Waals surface area (Å²) in [4.78, 5) is 0. The van der Waals surface area contributed by atoms with Gasteiger partial charge >= 0.3 is 5.91 Å². The van der Waals surface area contributed by atoms with Crippen molar-refractivity contribution in [2.45, 2.75) is 19.3 Å². The van der Waals surface area contributed by atoms with Gasteiger partial charge in [-0.1, -0.05) is 12.7 Å². The van der Waals surface area contributed by atoms with Crippen LogP contribution in [-0.4, -0.2) is 40.7 Å². The van der Waals surface area contributed by atoms with E-state index in [1.54, 1.807) is 13.1 Å². The summed E-state index contributed by atoms with van der Waals surface area (Å²) >= 11 is 0. The van der Waals surface area contributed by atoms with E-state index in [9.17, 15) is 10.2 Å². The molecular formula is C10H20NO2+. The fraction of sp³-hybridized carbons (Fsp3) is 0.600. The second-order valence-corrected chi connectivity index (χ2v) is 3.45. The molecule has 1 unspecified atom stereocenters. The molecule has 0 aliphatic rings. The fourth-order valence-electron chi connectivity index (χ4n) is 1.23. The number of rotatable bonds is 6. The molecule has 0 aromatic heterocycles. The van der Waals surface area contributed by atoms with Gasteiger partial charge in [-0.3, -0.25) is 4.48 Å². The van der Waals surface area contributed by atoms with Crippen LogP contribution < -0.4 is 0 Å². The quantitative estimate of drug-likeness (QED) is 0.367. The predicted molar refractivity (Wildman–Crippen MR) is 53.8 cm³/mol. The Bertz CT molecular complexity index is 189. The van der Waals surface area contributed by atoms with Gasteiger partial charge in [0, 0.05) is 0 Å². The third kappa shape index (κ3) is 2.66. The third-order valence-electron chi connectivity index (χ3n) is 2.51. The van der Waals surface area contributed by atoms with Crippen LogP contribution in [0.1, 0.15) is 13.3 Å². The minimum Gasteiger partial charge on any atom is -0.319 e. The molecule has 0 heterocycles. The monoisotopic (exact) mass is 186 g/mol. The highest BCUT2D eigenvalue weighted by atomic mass is 16.5. The van der Waals surface area contributed by atoms with E-state index >= 15 is 0 Å². The fourth-order valence-corrected chi connectivity index (χ4v) is 1.23. The molecule has 3 heteroatoms. The summed E-state index contributed by atoms with van der Waals surface area (Å²) in [7, 11) is 1.78. The number of hydrogen-bond acceptors (Lipinski definition) is 2. The maximum atomic E-state index is 9.77. The van der Waals surface area contributed by atoms with Crippen molar-refractivity contribution in [2.75, 3.05) is 20.1 Å². The van der Waals surface area contributed by atoms with Gasteiger partial charge in [0.1, 0.15) is 6.54 Å². The van der Waals surface area contributed by atoms with Gasteiger partial charge in [0.25, 0.3) is 0 Å². The topological polar surface area (TPSA) is 40.5 Å². The zero-order chi connectivity index (χ0) is 10.5. The Hall–Kier alpha value is -0.640. The molecule has 0 amide bonds. The Kier molecular flexibility index (Phi) is 4.33. The summed E-state index contributed by atoms with van der Waals surface area (Å²) < 4.78 is 0.141. The van der Waals surface area contributed by atoms with E-state index in [2.05, 4.69) is 13.2 Å². The van der Waals surface area contributed by atoms with E-state index in [4.69, 9.17) is 0 Å². The maximum absolute atomic E-state index is 9.77. The number of nitrogens with zero attached hydrogens (tertiary/aromatic N) is 1. The molecule has 3 nitrogen and oxygen atoms in total. The van der Waals surface area contributed by atoms with Crippen LogP contribution in [0.3, 0.4) is 0 Å². The molecule has 13 heavy (non-hydrogen) atoms. The normalized spacial score (nSPS) is 16.3. The lowest BCUT2D eigenvalue weighted by molar-refractivity contribution is -1.00. The Morgan fingerprint density at radius 3 is 2.15 bits per heavy atom. The molecule has 0 aromatic carbocycles. The van der Waals surface area contributed by atoms with Crippen LogP contribution in [0, 0.1) is 0 Å². The summed E-state index contributed by atoms with van der Waals surface area (Å²) in [5, 5.41) is 19.5. The molecule has 0 saturated heterocycles. The summed E-state index contributed by atoms with van der Waals surface area (Å²) in [5.41, 5.74) is 0. The van der Waals surface area contributed by atoms with Crippen LogP contribution in [-0.2, 0) is 0 Å². The lowest BCUT2D eigenvalue weighted by Gasteiger charge is -2.42. The summed E-state index contributed by atoms with van der Waals surface area (Å²) in [5.74, 6) is -1.75. The lowest BCUT2D eigenvalue weighted by atomic mass is 10.2. The first kappa shape index (κ1) is 12.4. The van der Waals surface area contributed by atoms with Gasteiger partial charge in [0.2, 0.25) is 0 Å². The summed E-state index contributed by atoms with van der Waals surface area (Å²) in [6, 6.07) is 0. The molecule has 2 N–H and O–H groups in total. The van der Waals surface area contributed by atoms with Gasteiger partial charge in [-0.05, 0) is 13.0 Å². The second-order valence-electron chi connectivity index (χ2n) is 3.45. The molecule has 0 aliphatic heterocycles. The maximum Gasteiger partial charge on any atom is 0.317 e. The zero-order valence-electron chi connectivity index (χ0n) is 8.53. The largest absolute Gasteiger partial charge is 0.319 e. The van der Waals surface area contributed by atoms with Gasteiger partial charge in [-0.2, -0.15) is 0 Å². The van der Waals surface area contributed by atoms with Gasteiger partial charge in [-0.15, -0.1) is 6.58 Å². The zero-order valence-corrected chi connectivity index (χ0v) is 8.53. The Morgan fingerprint density at radius 1 is 1.31 bits per heavy atom. The van der Waals surface area contributed by atoms with Crippen molar-refractivity contribution in [3.63, 3.8) is 0 Å². The van der Waals surface area contributed by atoms with Crippen LogP contribution in [0.2, 0.25) is 0 Å². The smallest absolute Gasteiger partial charge is 0.317 e. The summed E-state index contributed by atoms with van der Waals surface area (Å²) in [6.07, 6.45) is 3.36. The highest BCUT2D eigenvalue weighted by molar-refractivity contribution is 4.74. The van der Waals surface area contributed by atoms with Crippen molar-refractivity contribution >= 4 is 0 Å². The highest BCUT2D eigenvalue weighted by Crippen LogP contribution is 2.21. The molecular weight excluding hydrogens is 166 g/mol. The molecule has 0 saturated carbocycles. The van der Waals surface area contributed by atoms with Gasteiger partial charge in [0.05, 0.1) is 20.0 Å². The van der Waals surface area contributed by atoms with Gasteiger partial charge in [-0.25, -0.2) is 0 Å². The van der Waals surface area contributed by atoms with E-state index < -0.39 is 5.91 Å². The molecule has 76 valence electrons. The van der Waals surface area contributed by atoms with Crippen molar-refractivity contribution in [3.05, 3.63) is 25.3 Å². The van der Waals surface area contributed by atoms with E-state index in [-0.39, 0.29) is 10.9 Å². The molecule has 0 fully saturated rings. The van der Waals surface area contributed by atoms with E-state index in [0.717, 1.165) is 0 Å². The Morgan fingerprint density at radius 2 is 1.85 bits per heavy atom. The number of quaternary nitrogens is 1. The second kappa shape index (κ2) is 4.56. The Labute approximate surface area is 80.2 Å². The van der Waals surface area contributed by atoms with Crippen LogP contribution >= 0.6 is 0 Å². The van der Waals surface area contributed by atoms with Crippen LogP contribution in [0.15, 0.2) is 25.3 Å². The third-order valence-corrected chi connectivity index (χ3v) is 2.51. The Balaban J connectivity index is 4.69. The number of aliphatic hydroxyl groups is 2. The predicted octanol–water partition coefficient (Wildman–Crippen LogP) is 0.853. The summed E-state index contributed by atoms with van der Waals surface area (Å²) in [6.45, 7) is 10.2. The minimum atomic E-state index is -1.75. The number of likely N-dealkylation sites (N-methyl/N-ethyl adjacent to an activating group) is 1. The molecule has 0 radical (unpaired) electrons. The van der Waals surface area contributed by atoms with Crippen molar-refractivity contribution in [1.82, 2.24) is 0 Å². The van der Waals surface area contributed by atoms with E-state index in [0.29, 0.717) is 13.1 Å². The van der Waals surface area contributed by atoms with Crippen molar-refractivity contribution in [1.29, 1.82) is 0 Å². The van der Waals surface area contributed by atoms with Gasteiger partial charge in [0.15, 0.2) is 0 Å². The average molecular weight is 186 g/mol. The first-order chi connectivity index (χ1) is 5.93. The van der Waals surface area contributed by atoms with E-state index in [1.165, 1.54) is 6.08 Å². The molecule has 0 aromatic rings. The first-order valence-corrected chi connectivity index (χ1v) is 4.44. The molecule has 0 bridgehead atoms. The standard InChI is InChI=1S/C10H20NO2/c1-5-8-10(12,13)11(4,7-3)9-6-2/h5-6,12-13H,1-2,7-9H2,3-4H3/q+1. The van der Waals surface area contributed by atoms with Crippen LogP contribution in [0.25, 0.3) is 0 Å². The molecule has 0 spiro atoms.